The van der Waals surface area contributed by atoms with Crippen molar-refractivity contribution >= 4 is 23.2 Å². The average Bonchev–Trinajstić information content (AvgIpc) is 3.45. The molecule has 3 aromatic heterocycles. The van der Waals surface area contributed by atoms with Crippen molar-refractivity contribution in [1.82, 2.24) is 24.5 Å². The van der Waals surface area contributed by atoms with E-state index in [1.165, 1.54) is 24.1 Å². The lowest BCUT2D eigenvalue weighted by atomic mass is 9.93. The van der Waals surface area contributed by atoms with E-state index in [9.17, 15) is 14.7 Å². The van der Waals surface area contributed by atoms with Gasteiger partial charge in [-0.1, -0.05) is 41.9 Å². The van der Waals surface area contributed by atoms with Gasteiger partial charge in [0, 0.05) is 29.9 Å². The molecule has 0 unspecified atom stereocenters. The molecule has 0 bridgehead atoms. The van der Waals surface area contributed by atoms with Crippen molar-refractivity contribution in [2.24, 2.45) is 7.05 Å². The van der Waals surface area contributed by atoms with Crippen molar-refractivity contribution in [3.63, 3.8) is 0 Å². The number of hydrogen-bond acceptors (Lipinski definition) is 7. The zero-order valence-corrected chi connectivity index (χ0v) is 18.8. The summed E-state index contributed by atoms with van der Waals surface area (Å²) in [5.41, 5.74) is 0.753. The van der Waals surface area contributed by atoms with Crippen molar-refractivity contribution < 1.29 is 14.4 Å². The van der Waals surface area contributed by atoms with Gasteiger partial charge in [0.15, 0.2) is 5.69 Å². The molecule has 0 saturated carbocycles. The van der Waals surface area contributed by atoms with E-state index < -0.39 is 34.9 Å². The van der Waals surface area contributed by atoms with E-state index in [1.54, 1.807) is 16.9 Å². The molecule has 3 heterocycles. The second-order valence-electron chi connectivity index (χ2n) is 7.57. The van der Waals surface area contributed by atoms with Crippen LogP contribution in [-0.2, 0) is 7.05 Å². The second kappa shape index (κ2) is 8.91. The number of carbonyl (C=O) groups excluding carboxylic acids is 1. The van der Waals surface area contributed by atoms with Crippen LogP contribution in [0.25, 0.3) is 0 Å². The first kappa shape index (κ1) is 22.3. The number of hydrogen-bond donors (Lipinski definition) is 2. The van der Waals surface area contributed by atoms with Gasteiger partial charge in [-0.3, -0.25) is 18.8 Å². The Morgan fingerprint density at radius 3 is 2.67 bits per heavy atom. The maximum absolute atomic E-state index is 12.8. The predicted molar refractivity (Wildman–Crippen MR) is 121 cm³/mol. The van der Waals surface area contributed by atoms with Crippen LogP contribution < -0.4 is 10.9 Å². The molecule has 0 spiro atoms. The Labute approximate surface area is 193 Å². The zero-order valence-electron chi connectivity index (χ0n) is 18.1. The number of aromatic nitrogens is 5. The number of nitrogens with one attached hydrogen (secondary N) is 1. The van der Waals surface area contributed by atoms with Crippen LogP contribution >= 0.6 is 11.6 Å². The summed E-state index contributed by atoms with van der Waals surface area (Å²) in [4.78, 5) is 30.0. The van der Waals surface area contributed by atoms with E-state index in [4.69, 9.17) is 16.1 Å². The van der Waals surface area contributed by atoms with Gasteiger partial charge in [-0.2, -0.15) is 5.10 Å². The first-order chi connectivity index (χ1) is 15.8. The summed E-state index contributed by atoms with van der Waals surface area (Å²) in [6, 6.07) is 8.76. The van der Waals surface area contributed by atoms with Crippen LogP contribution in [-0.4, -0.2) is 35.5 Å². The number of amides is 1. The summed E-state index contributed by atoms with van der Waals surface area (Å²) in [6.07, 6.45) is 4.17. The molecule has 2 N–H and O–H groups in total. The van der Waals surface area contributed by atoms with E-state index >= 15 is 0 Å². The molecule has 0 aliphatic carbocycles. The highest BCUT2D eigenvalue weighted by Crippen LogP contribution is 2.37. The van der Waals surface area contributed by atoms with Gasteiger partial charge in [-0.05, 0) is 24.6 Å². The number of rotatable bonds is 6. The third-order valence-electron chi connectivity index (χ3n) is 5.44. The van der Waals surface area contributed by atoms with Crippen molar-refractivity contribution in [2.45, 2.75) is 25.8 Å². The highest BCUT2D eigenvalue weighted by molar-refractivity contribution is 6.31. The Morgan fingerprint density at radius 1 is 1.27 bits per heavy atom. The molecule has 4 rings (SSSR count). The van der Waals surface area contributed by atoms with Crippen LogP contribution in [0.2, 0.25) is 5.02 Å². The van der Waals surface area contributed by atoms with Gasteiger partial charge >= 0.3 is 0 Å². The minimum Gasteiger partial charge on any atom is -0.501 e. The Hall–Kier alpha value is -3.92. The van der Waals surface area contributed by atoms with Crippen LogP contribution in [0.1, 0.15) is 46.5 Å². The molecule has 1 amide bonds. The predicted octanol–water partition coefficient (Wildman–Crippen LogP) is 3.28. The standard InChI is InChI=1S/C22H21ClN6O4/c1-12-8-9-24-29(12)18(15-6-4-5-7-16(15)23)13(2)20-27-17(19(30)22(32)28(20)3)21(31)26-14-10-25-33-11-14/h4-11,13,18,30H,1-3H3,(H,26,31)/t13-,18+/m1/s1. The Kier molecular flexibility index (Phi) is 6.01. The molecule has 0 aliphatic rings. The van der Waals surface area contributed by atoms with E-state index in [-0.39, 0.29) is 11.5 Å². The van der Waals surface area contributed by atoms with Crippen molar-refractivity contribution in [3.8, 4) is 5.75 Å². The lowest BCUT2D eigenvalue weighted by molar-refractivity contribution is 0.101. The van der Waals surface area contributed by atoms with E-state index in [0.29, 0.717) is 5.02 Å². The maximum atomic E-state index is 12.8. The molecule has 10 nitrogen and oxygen atoms in total. The Balaban J connectivity index is 1.84. The Bertz CT molecular complexity index is 1360. The van der Waals surface area contributed by atoms with Gasteiger partial charge < -0.3 is 14.9 Å². The summed E-state index contributed by atoms with van der Waals surface area (Å²) in [6.45, 7) is 3.76. The maximum Gasteiger partial charge on any atom is 0.296 e. The summed E-state index contributed by atoms with van der Waals surface area (Å²) >= 11 is 6.53. The number of anilines is 1. The lowest BCUT2D eigenvalue weighted by Gasteiger charge is -2.28. The number of benzene rings is 1. The number of nitrogens with zero attached hydrogens (tertiary/aromatic N) is 5. The van der Waals surface area contributed by atoms with Crippen molar-refractivity contribution in [1.29, 1.82) is 0 Å². The third kappa shape index (κ3) is 4.12. The molecule has 33 heavy (non-hydrogen) atoms. The number of carbonyl (C=O) groups is 1. The molecule has 4 aromatic rings. The highest BCUT2D eigenvalue weighted by atomic mass is 35.5. The third-order valence-corrected chi connectivity index (χ3v) is 5.79. The minimum atomic E-state index is -0.772. The molecule has 11 heteroatoms. The molecule has 0 fully saturated rings. The van der Waals surface area contributed by atoms with Crippen molar-refractivity contribution in [2.75, 3.05) is 5.32 Å². The lowest BCUT2D eigenvalue weighted by Crippen LogP contribution is -2.31. The van der Waals surface area contributed by atoms with Crippen LogP contribution in [0.5, 0.6) is 5.75 Å². The molecule has 1 aromatic carbocycles. The normalized spacial score (nSPS) is 13.0. The van der Waals surface area contributed by atoms with E-state index in [1.807, 2.05) is 38.1 Å². The van der Waals surface area contributed by atoms with Gasteiger partial charge in [0.1, 0.15) is 17.8 Å². The molecule has 0 radical (unpaired) electrons. The fraction of sp³-hybridized carbons (Fsp3) is 0.227. The smallest absolute Gasteiger partial charge is 0.296 e. The van der Waals surface area contributed by atoms with Gasteiger partial charge in [0.2, 0.25) is 5.75 Å². The molecule has 2 atom stereocenters. The quantitative estimate of drug-likeness (QED) is 0.444. The van der Waals surface area contributed by atoms with Crippen LogP contribution in [0.15, 0.2) is 58.3 Å². The molecule has 0 saturated heterocycles. The Morgan fingerprint density at radius 2 is 2.03 bits per heavy atom. The van der Waals surface area contributed by atoms with Crippen LogP contribution in [0, 0.1) is 6.92 Å². The second-order valence-corrected chi connectivity index (χ2v) is 7.98. The fourth-order valence-corrected chi connectivity index (χ4v) is 4.02. The zero-order chi connectivity index (χ0) is 23.7. The molecule has 0 aliphatic heterocycles. The number of halogens is 1. The largest absolute Gasteiger partial charge is 0.501 e. The van der Waals surface area contributed by atoms with E-state index in [2.05, 4.69) is 20.6 Å². The van der Waals surface area contributed by atoms with Gasteiger partial charge in [-0.15, -0.1) is 0 Å². The van der Waals surface area contributed by atoms with Crippen LogP contribution in [0.3, 0.4) is 0 Å². The van der Waals surface area contributed by atoms with Crippen molar-refractivity contribution in [3.05, 3.63) is 87.1 Å². The number of aromatic hydroxyl groups is 1. The van der Waals surface area contributed by atoms with Gasteiger partial charge in [0.05, 0.1) is 12.2 Å². The number of aryl methyl sites for hydroxylation is 1. The van der Waals surface area contributed by atoms with Gasteiger partial charge in [0.25, 0.3) is 11.5 Å². The van der Waals surface area contributed by atoms with E-state index in [0.717, 1.165) is 11.3 Å². The summed E-state index contributed by atoms with van der Waals surface area (Å²) in [5, 5.41) is 21.4. The van der Waals surface area contributed by atoms with Gasteiger partial charge in [-0.25, -0.2) is 4.98 Å². The van der Waals surface area contributed by atoms with Crippen LogP contribution in [0.4, 0.5) is 5.69 Å². The first-order valence-corrected chi connectivity index (χ1v) is 10.4. The highest BCUT2D eigenvalue weighted by Gasteiger charge is 2.31. The fourth-order valence-electron chi connectivity index (χ4n) is 3.77. The topological polar surface area (TPSA) is 128 Å². The minimum absolute atomic E-state index is 0.262. The summed E-state index contributed by atoms with van der Waals surface area (Å²) in [5.74, 6) is -1.73. The molecule has 170 valence electrons. The monoisotopic (exact) mass is 468 g/mol. The SMILES string of the molecule is Cc1ccnn1[C@H](c1ccccc1Cl)[C@@H](C)c1nc(C(=O)Nc2cnoc2)c(O)c(=O)n1C. The molecular weight excluding hydrogens is 448 g/mol. The first-order valence-electron chi connectivity index (χ1n) is 10.0. The molecular formula is C22H21ClN6O4. The average molecular weight is 469 g/mol. The summed E-state index contributed by atoms with van der Waals surface area (Å²) in [7, 11) is 1.49. The summed E-state index contributed by atoms with van der Waals surface area (Å²) < 4.78 is 7.71.